The van der Waals surface area contributed by atoms with Crippen LogP contribution < -0.4 is 5.32 Å². The Balaban J connectivity index is 1.54. The minimum Gasteiger partial charge on any atom is -0.377 e. The van der Waals surface area contributed by atoms with Gasteiger partial charge in [-0.25, -0.2) is 0 Å². The number of benzene rings is 2. The Hall–Kier alpha value is -2.59. The number of hydrogen-bond donors (Lipinski definition) is 1. The fourth-order valence-electron chi connectivity index (χ4n) is 5.22. The van der Waals surface area contributed by atoms with Crippen molar-refractivity contribution in [3.8, 4) is 0 Å². The van der Waals surface area contributed by atoms with Crippen LogP contribution in [0.25, 0.3) is 0 Å². The van der Waals surface area contributed by atoms with Gasteiger partial charge in [0.25, 0.3) is 5.91 Å². The number of piperazine rings is 1. The second-order valence-electron chi connectivity index (χ2n) is 8.70. The van der Waals surface area contributed by atoms with E-state index in [1.165, 1.54) is 16.7 Å². The zero-order chi connectivity index (χ0) is 20.0. The molecule has 2 aliphatic heterocycles. The average Bonchev–Trinajstić information content (AvgIpc) is 3.24. The van der Waals surface area contributed by atoms with E-state index in [0.717, 1.165) is 43.9 Å². The number of fused-ring (bicyclic) bond motifs is 3. The third-order valence-electron chi connectivity index (χ3n) is 6.94. The number of carbonyl (C=O) groups is 1. The summed E-state index contributed by atoms with van der Waals surface area (Å²) in [5, 5.41) is 3.82. The van der Waals surface area contributed by atoms with E-state index in [0.29, 0.717) is 11.8 Å². The third kappa shape index (κ3) is 3.16. The van der Waals surface area contributed by atoms with E-state index in [1.54, 1.807) is 0 Å². The molecule has 2 aromatic carbocycles. The maximum atomic E-state index is 13.4. The first-order valence-corrected chi connectivity index (χ1v) is 10.7. The molecule has 1 saturated heterocycles. The second kappa shape index (κ2) is 7.34. The molecule has 0 saturated carbocycles. The number of nitrogens with zero attached hydrogens (tertiary/aromatic N) is 2. The molecule has 4 heteroatoms. The van der Waals surface area contributed by atoms with Crippen LogP contribution in [0.3, 0.4) is 0 Å². The number of aryl methyl sites for hydroxylation is 1. The molecule has 1 aliphatic carbocycles. The van der Waals surface area contributed by atoms with Gasteiger partial charge >= 0.3 is 0 Å². The quantitative estimate of drug-likeness (QED) is 0.784. The summed E-state index contributed by atoms with van der Waals surface area (Å²) in [7, 11) is 2.12. The fraction of sp³-hybridized carbons (Fsp3) is 0.400. The summed E-state index contributed by atoms with van der Waals surface area (Å²) < 4.78 is 0. The summed E-state index contributed by atoms with van der Waals surface area (Å²) in [4.78, 5) is 17.7. The van der Waals surface area contributed by atoms with Crippen molar-refractivity contribution in [2.45, 2.75) is 25.3 Å². The van der Waals surface area contributed by atoms with E-state index in [-0.39, 0.29) is 11.9 Å². The van der Waals surface area contributed by atoms with Crippen LogP contribution in [0.5, 0.6) is 0 Å². The van der Waals surface area contributed by atoms with Gasteiger partial charge in [-0.15, -0.1) is 0 Å². The summed E-state index contributed by atoms with van der Waals surface area (Å²) in [6.07, 6.45) is 5.73. The number of likely N-dealkylation sites (N-methyl/N-ethyl adjacent to an activating group) is 1. The smallest absolute Gasteiger partial charge is 0.256 e. The molecule has 2 aromatic rings. The highest BCUT2D eigenvalue weighted by Gasteiger charge is 2.40. The lowest BCUT2D eigenvalue weighted by molar-refractivity contribution is 0.0664. The monoisotopic (exact) mass is 387 g/mol. The lowest BCUT2D eigenvalue weighted by Gasteiger charge is -2.39. The first-order chi connectivity index (χ1) is 14.1. The van der Waals surface area contributed by atoms with E-state index < -0.39 is 0 Å². The lowest BCUT2D eigenvalue weighted by Crippen LogP contribution is -2.47. The lowest BCUT2D eigenvalue weighted by atomic mass is 9.75. The van der Waals surface area contributed by atoms with Crippen LogP contribution in [0.4, 0.5) is 5.69 Å². The summed E-state index contributed by atoms with van der Waals surface area (Å²) in [6, 6.07) is 15.1. The van der Waals surface area contributed by atoms with E-state index in [4.69, 9.17) is 0 Å². The van der Waals surface area contributed by atoms with Gasteiger partial charge in [0, 0.05) is 32.1 Å². The van der Waals surface area contributed by atoms with Gasteiger partial charge < -0.3 is 15.1 Å². The predicted molar refractivity (Wildman–Crippen MR) is 117 cm³/mol. The Labute approximate surface area is 173 Å². The Bertz CT molecular complexity index is 958. The zero-order valence-corrected chi connectivity index (χ0v) is 17.3. The van der Waals surface area contributed by atoms with Crippen LogP contribution >= 0.6 is 0 Å². The number of para-hydroxylation sites is 1. The van der Waals surface area contributed by atoms with Crippen LogP contribution in [0, 0.1) is 12.8 Å². The van der Waals surface area contributed by atoms with Crippen LogP contribution in [0.15, 0.2) is 54.6 Å². The molecule has 5 rings (SSSR count). The number of carbonyl (C=O) groups excluding carboxylic acids is 1. The third-order valence-corrected chi connectivity index (χ3v) is 6.94. The first-order valence-electron chi connectivity index (χ1n) is 10.7. The first kappa shape index (κ1) is 18.4. The second-order valence-corrected chi connectivity index (χ2v) is 8.70. The molecule has 0 spiro atoms. The molecular weight excluding hydrogens is 358 g/mol. The normalized spacial score (nSPS) is 26.0. The molecule has 3 atom stereocenters. The molecule has 2 heterocycles. The van der Waals surface area contributed by atoms with E-state index in [9.17, 15) is 4.79 Å². The van der Waals surface area contributed by atoms with Crippen LogP contribution in [-0.4, -0.2) is 48.9 Å². The Morgan fingerprint density at radius 2 is 1.76 bits per heavy atom. The van der Waals surface area contributed by atoms with Crippen molar-refractivity contribution in [3.05, 3.63) is 76.9 Å². The largest absolute Gasteiger partial charge is 0.377 e. The highest BCUT2D eigenvalue weighted by Crippen LogP contribution is 2.51. The van der Waals surface area contributed by atoms with Crippen molar-refractivity contribution in [2.75, 3.05) is 38.5 Å². The highest BCUT2D eigenvalue weighted by atomic mass is 16.2. The van der Waals surface area contributed by atoms with E-state index >= 15 is 0 Å². The topological polar surface area (TPSA) is 35.6 Å². The number of nitrogens with one attached hydrogen (secondary N) is 1. The van der Waals surface area contributed by atoms with Crippen molar-refractivity contribution in [1.29, 1.82) is 0 Å². The van der Waals surface area contributed by atoms with E-state index in [2.05, 4.69) is 72.7 Å². The molecule has 3 aliphatic rings. The maximum absolute atomic E-state index is 13.4. The van der Waals surface area contributed by atoms with Crippen LogP contribution in [0.2, 0.25) is 0 Å². The standard InChI is InChI=1S/C25H29N3O/c1-17-7-3-4-8-18(17)23-20-10-5-9-19(20)21-11-6-12-22(24(21)26-23)25(29)28-15-13-27(2)14-16-28/h3-9,11-12,19-20,23,26H,10,13-16H2,1-2H3. The van der Waals surface area contributed by atoms with Gasteiger partial charge in [0.2, 0.25) is 0 Å². The number of hydrogen-bond acceptors (Lipinski definition) is 3. The van der Waals surface area contributed by atoms with Gasteiger partial charge in [0.1, 0.15) is 0 Å². The van der Waals surface area contributed by atoms with Crippen molar-refractivity contribution < 1.29 is 4.79 Å². The summed E-state index contributed by atoms with van der Waals surface area (Å²) in [6.45, 7) is 5.66. The van der Waals surface area contributed by atoms with Gasteiger partial charge in [0.15, 0.2) is 0 Å². The van der Waals surface area contributed by atoms with E-state index in [1.807, 2.05) is 11.0 Å². The van der Waals surface area contributed by atoms with Gasteiger partial charge in [-0.05, 0) is 49.1 Å². The molecule has 0 aromatic heterocycles. The van der Waals surface area contributed by atoms with Crippen molar-refractivity contribution in [2.24, 2.45) is 5.92 Å². The number of rotatable bonds is 2. The molecule has 0 bridgehead atoms. The summed E-state index contributed by atoms with van der Waals surface area (Å²) in [5.74, 6) is 1.03. The minimum absolute atomic E-state index is 0.159. The SMILES string of the molecule is Cc1ccccc1C1Nc2c(C(=O)N3CCN(C)CC3)cccc2C2C=CCC21. The van der Waals surface area contributed by atoms with Gasteiger partial charge in [-0.1, -0.05) is 48.6 Å². The summed E-state index contributed by atoms with van der Waals surface area (Å²) >= 11 is 0. The number of anilines is 1. The van der Waals surface area contributed by atoms with Crippen LogP contribution in [-0.2, 0) is 0 Å². The minimum atomic E-state index is 0.159. The Kier molecular flexibility index (Phi) is 4.67. The average molecular weight is 388 g/mol. The van der Waals surface area contributed by atoms with Crippen molar-refractivity contribution in [1.82, 2.24) is 9.80 Å². The molecule has 1 N–H and O–H groups in total. The highest BCUT2D eigenvalue weighted by molar-refractivity contribution is 6.01. The maximum Gasteiger partial charge on any atom is 0.256 e. The number of allylic oxidation sites excluding steroid dienone is 2. The number of amides is 1. The van der Waals surface area contributed by atoms with Crippen LogP contribution in [0.1, 0.15) is 45.4 Å². The Morgan fingerprint density at radius 1 is 1.00 bits per heavy atom. The molecular formula is C25H29N3O. The van der Waals surface area contributed by atoms with Gasteiger partial charge in [-0.2, -0.15) is 0 Å². The zero-order valence-electron chi connectivity index (χ0n) is 17.3. The van der Waals surface area contributed by atoms with Crippen molar-refractivity contribution in [3.63, 3.8) is 0 Å². The van der Waals surface area contributed by atoms with Crippen molar-refractivity contribution >= 4 is 11.6 Å². The predicted octanol–water partition coefficient (Wildman–Crippen LogP) is 4.21. The fourth-order valence-corrected chi connectivity index (χ4v) is 5.22. The Morgan fingerprint density at radius 3 is 2.55 bits per heavy atom. The molecule has 3 unspecified atom stereocenters. The molecule has 29 heavy (non-hydrogen) atoms. The molecule has 150 valence electrons. The molecule has 0 radical (unpaired) electrons. The molecule has 4 nitrogen and oxygen atoms in total. The summed E-state index contributed by atoms with van der Waals surface area (Å²) in [5.41, 5.74) is 5.79. The van der Waals surface area contributed by atoms with Gasteiger partial charge in [0.05, 0.1) is 17.3 Å². The molecule has 1 amide bonds. The molecule has 1 fully saturated rings. The van der Waals surface area contributed by atoms with Gasteiger partial charge in [-0.3, -0.25) is 4.79 Å².